The van der Waals surface area contributed by atoms with E-state index in [0.717, 1.165) is 10.2 Å². The Bertz CT molecular complexity index is 791. The first-order valence-corrected chi connectivity index (χ1v) is 8.40. The third kappa shape index (κ3) is 4.57. The first kappa shape index (κ1) is 15.6. The third-order valence-corrected chi connectivity index (χ3v) is 4.14. The van der Waals surface area contributed by atoms with Crippen molar-refractivity contribution in [1.82, 2.24) is 15.0 Å². The van der Waals surface area contributed by atoms with Crippen LogP contribution in [0.5, 0.6) is 0 Å². The Labute approximate surface area is 145 Å². The average molecular weight is 390 g/mol. The number of thiazole rings is 1. The van der Waals surface area contributed by atoms with Crippen LogP contribution in [0.1, 0.15) is 5.69 Å². The molecule has 8 heteroatoms. The van der Waals surface area contributed by atoms with Crippen molar-refractivity contribution < 1.29 is 4.79 Å². The van der Waals surface area contributed by atoms with Gasteiger partial charge in [0.1, 0.15) is 0 Å². The predicted molar refractivity (Wildman–Crippen MR) is 93.9 cm³/mol. The van der Waals surface area contributed by atoms with Crippen molar-refractivity contribution in [2.75, 3.05) is 10.6 Å². The summed E-state index contributed by atoms with van der Waals surface area (Å²) in [4.78, 5) is 24.5. The zero-order valence-electron chi connectivity index (χ0n) is 11.9. The van der Waals surface area contributed by atoms with Crippen molar-refractivity contribution >= 4 is 49.9 Å². The molecule has 0 fully saturated rings. The van der Waals surface area contributed by atoms with Crippen LogP contribution in [0.15, 0.2) is 52.6 Å². The molecule has 23 heavy (non-hydrogen) atoms. The molecule has 1 aromatic carbocycles. The standard InChI is InChI=1S/C15H12BrN5OS/c16-10-2-4-11(5-3-10)19-13(22)8-12-9-23-15(20-12)21-14-17-6-1-7-18-14/h1-7,9H,8H2,(H,19,22)(H,17,18,20,21). The summed E-state index contributed by atoms with van der Waals surface area (Å²) in [5, 5.41) is 8.33. The van der Waals surface area contributed by atoms with Gasteiger partial charge in [0, 0.05) is 27.9 Å². The van der Waals surface area contributed by atoms with Crippen molar-refractivity contribution in [3.63, 3.8) is 0 Å². The lowest BCUT2D eigenvalue weighted by Crippen LogP contribution is -2.14. The molecular formula is C15H12BrN5OS. The number of anilines is 3. The van der Waals surface area contributed by atoms with Crippen LogP contribution >= 0.6 is 27.3 Å². The molecule has 2 N–H and O–H groups in total. The Morgan fingerprint density at radius 2 is 1.91 bits per heavy atom. The number of aromatic nitrogens is 3. The van der Waals surface area contributed by atoms with Crippen LogP contribution in [-0.4, -0.2) is 20.9 Å². The smallest absolute Gasteiger partial charge is 0.230 e. The molecule has 116 valence electrons. The number of halogens is 1. The van der Waals surface area contributed by atoms with Gasteiger partial charge in [-0.1, -0.05) is 15.9 Å². The van der Waals surface area contributed by atoms with Crippen molar-refractivity contribution in [2.45, 2.75) is 6.42 Å². The maximum atomic E-state index is 12.0. The molecule has 0 aliphatic carbocycles. The highest BCUT2D eigenvalue weighted by atomic mass is 79.9. The Morgan fingerprint density at radius 3 is 2.65 bits per heavy atom. The van der Waals surface area contributed by atoms with Gasteiger partial charge in [-0.05, 0) is 30.3 Å². The maximum Gasteiger partial charge on any atom is 0.230 e. The summed E-state index contributed by atoms with van der Waals surface area (Å²) in [6.07, 6.45) is 3.51. The second-order valence-corrected chi connectivity index (χ2v) is 6.35. The third-order valence-electron chi connectivity index (χ3n) is 2.81. The van der Waals surface area contributed by atoms with Gasteiger partial charge < -0.3 is 10.6 Å². The molecule has 0 saturated carbocycles. The summed E-state index contributed by atoms with van der Waals surface area (Å²) in [7, 11) is 0. The fourth-order valence-corrected chi connectivity index (χ4v) is 2.78. The second-order valence-electron chi connectivity index (χ2n) is 4.57. The number of rotatable bonds is 5. The Kier molecular flexibility index (Phi) is 4.94. The predicted octanol–water partition coefficient (Wildman–Crippen LogP) is 3.62. The number of hydrogen-bond donors (Lipinski definition) is 2. The minimum atomic E-state index is -0.111. The number of carbonyl (C=O) groups is 1. The van der Waals surface area contributed by atoms with Gasteiger partial charge in [0.25, 0.3) is 0 Å². The highest BCUT2D eigenvalue weighted by Crippen LogP contribution is 2.19. The Hall–Kier alpha value is -2.32. The van der Waals surface area contributed by atoms with Gasteiger partial charge in [0.05, 0.1) is 12.1 Å². The van der Waals surface area contributed by atoms with Crippen LogP contribution < -0.4 is 10.6 Å². The molecular weight excluding hydrogens is 378 g/mol. The summed E-state index contributed by atoms with van der Waals surface area (Å²) in [5.41, 5.74) is 1.45. The van der Waals surface area contributed by atoms with Crippen LogP contribution in [0.2, 0.25) is 0 Å². The lowest BCUT2D eigenvalue weighted by Gasteiger charge is -2.03. The fourth-order valence-electron chi connectivity index (χ4n) is 1.81. The monoisotopic (exact) mass is 389 g/mol. The molecule has 2 heterocycles. The summed E-state index contributed by atoms with van der Waals surface area (Å²) >= 11 is 4.76. The van der Waals surface area contributed by atoms with E-state index in [1.54, 1.807) is 18.5 Å². The number of amides is 1. The van der Waals surface area contributed by atoms with Crippen molar-refractivity contribution in [3.05, 3.63) is 58.3 Å². The Balaban J connectivity index is 1.58. The molecule has 0 aliphatic rings. The molecule has 0 radical (unpaired) electrons. The number of benzene rings is 1. The van der Waals surface area contributed by atoms with E-state index in [0.29, 0.717) is 16.8 Å². The molecule has 0 aliphatic heterocycles. The summed E-state index contributed by atoms with van der Waals surface area (Å²) in [6.45, 7) is 0. The Morgan fingerprint density at radius 1 is 1.17 bits per heavy atom. The highest BCUT2D eigenvalue weighted by molar-refractivity contribution is 9.10. The SMILES string of the molecule is O=C(Cc1csc(Nc2ncccn2)n1)Nc1ccc(Br)cc1. The molecule has 0 bridgehead atoms. The number of nitrogens with zero attached hydrogens (tertiary/aromatic N) is 3. The lowest BCUT2D eigenvalue weighted by molar-refractivity contribution is -0.115. The van der Waals surface area contributed by atoms with Gasteiger partial charge in [0.15, 0.2) is 5.13 Å². The van der Waals surface area contributed by atoms with Crippen LogP contribution in [-0.2, 0) is 11.2 Å². The molecule has 1 amide bonds. The molecule has 0 spiro atoms. The molecule has 3 rings (SSSR count). The second kappa shape index (κ2) is 7.30. The fraction of sp³-hybridized carbons (Fsp3) is 0.0667. The number of carbonyl (C=O) groups excluding carboxylic acids is 1. The van der Waals surface area contributed by atoms with Gasteiger partial charge in [-0.15, -0.1) is 11.3 Å². The molecule has 0 unspecified atom stereocenters. The molecule has 6 nitrogen and oxygen atoms in total. The molecule has 0 saturated heterocycles. The minimum Gasteiger partial charge on any atom is -0.326 e. The van der Waals surface area contributed by atoms with Gasteiger partial charge >= 0.3 is 0 Å². The van der Waals surface area contributed by atoms with Gasteiger partial charge in [-0.2, -0.15) is 0 Å². The molecule has 2 aromatic heterocycles. The van der Waals surface area contributed by atoms with E-state index in [1.807, 2.05) is 29.6 Å². The highest BCUT2D eigenvalue weighted by Gasteiger charge is 2.09. The van der Waals surface area contributed by atoms with Crippen molar-refractivity contribution in [2.24, 2.45) is 0 Å². The van der Waals surface area contributed by atoms with Crippen LogP contribution in [0.3, 0.4) is 0 Å². The van der Waals surface area contributed by atoms with E-state index in [2.05, 4.69) is 41.5 Å². The zero-order valence-corrected chi connectivity index (χ0v) is 14.3. The van der Waals surface area contributed by atoms with Crippen LogP contribution in [0, 0.1) is 0 Å². The summed E-state index contributed by atoms with van der Waals surface area (Å²) in [6, 6.07) is 9.16. The van der Waals surface area contributed by atoms with E-state index < -0.39 is 0 Å². The maximum absolute atomic E-state index is 12.0. The lowest BCUT2D eigenvalue weighted by atomic mass is 10.3. The first-order chi connectivity index (χ1) is 11.2. The topological polar surface area (TPSA) is 79.8 Å². The summed E-state index contributed by atoms with van der Waals surface area (Å²) in [5.74, 6) is 0.368. The minimum absolute atomic E-state index is 0.111. The van der Waals surface area contributed by atoms with Gasteiger partial charge in [-0.3, -0.25) is 4.79 Å². The van der Waals surface area contributed by atoms with Crippen molar-refractivity contribution in [1.29, 1.82) is 0 Å². The van der Waals surface area contributed by atoms with E-state index in [-0.39, 0.29) is 12.3 Å². The van der Waals surface area contributed by atoms with E-state index in [1.165, 1.54) is 11.3 Å². The quantitative estimate of drug-likeness (QED) is 0.696. The van der Waals surface area contributed by atoms with Crippen molar-refractivity contribution in [3.8, 4) is 0 Å². The molecule has 0 atom stereocenters. The van der Waals surface area contributed by atoms with Crippen LogP contribution in [0.25, 0.3) is 0 Å². The summed E-state index contributed by atoms with van der Waals surface area (Å²) < 4.78 is 0.967. The largest absolute Gasteiger partial charge is 0.326 e. The van der Waals surface area contributed by atoms with Gasteiger partial charge in [0.2, 0.25) is 11.9 Å². The number of nitrogens with one attached hydrogen (secondary N) is 2. The number of hydrogen-bond acceptors (Lipinski definition) is 6. The average Bonchev–Trinajstić information content (AvgIpc) is 2.97. The normalized spacial score (nSPS) is 10.3. The van der Waals surface area contributed by atoms with Crippen LogP contribution in [0.4, 0.5) is 16.8 Å². The van der Waals surface area contributed by atoms with E-state index in [9.17, 15) is 4.79 Å². The molecule has 3 aromatic rings. The van der Waals surface area contributed by atoms with Gasteiger partial charge in [-0.25, -0.2) is 15.0 Å². The van der Waals surface area contributed by atoms with E-state index in [4.69, 9.17) is 0 Å². The first-order valence-electron chi connectivity index (χ1n) is 6.73. The zero-order chi connectivity index (χ0) is 16.1. The van der Waals surface area contributed by atoms with E-state index >= 15 is 0 Å².